The maximum Gasteiger partial charge on any atom is 0.355 e. The third-order valence-electron chi connectivity index (χ3n) is 3.64. The van der Waals surface area contributed by atoms with Gasteiger partial charge in [-0.1, -0.05) is 18.2 Å². The first-order valence-electron chi connectivity index (χ1n) is 7.27. The summed E-state index contributed by atoms with van der Waals surface area (Å²) in [6, 6.07) is 6.54. The Kier molecular flexibility index (Phi) is 4.92. The van der Waals surface area contributed by atoms with Crippen molar-refractivity contribution in [3.05, 3.63) is 35.4 Å². The Morgan fingerprint density at radius 3 is 2.29 bits per heavy atom. The van der Waals surface area contributed by atoms with Crippen LogP contribution in [-0.4, -0.2) is 44.3 Å². The number of ether oxygens (including phenoxy) is 4. The summed E-state index contributed by atoms with van der Waals surface area (Å²) in [5.41, 5.74) is -1.83. The van der Waals surface area contributed by atoms with E-state index >= 15 is 0 Å². The van der Waals surface area contributed by atoms with Gasteiger partial charge in [-0.05, 0) is 19.9 Å². The second kappa shape index (κ2) is 6.74. The van der Waals surface area contributed by atoms with Crippen LogP contribution in [0.2, 0.25) is 0 Å². The fourth-order valence-electron chi connectivity index (χ4n) is 2.53. The summed E-state index contributed by atoms with van der Waals surface area (Å²) in [4.78, 5) is 37.2. The van der Waals surface area contributed by atoms with E-state index in [1.807, 2.05) is 0 Å². The molecule has 7 nitrogen and oxygen atoms in total. The maximum absolute atomic E-state index is 12.5. The summed E-state index contributed by atoms with van der Waals surface area (Å²) in [5.74, 6) is -2.19. The molecule has 0 aliphatic carbocycles. The quantitative estimate of drug-likeness (QED) is 0.609. The molecule has 1 aromatic rings. The smallest absolute Gasteiger partial charge is 0.355 e. The summed E-state index contributed by atoms with van der Waals surface area (Å²) in [6.07, 6.45) is 0. The molecule has 0 N–H and O–H groups in total. The summed E-state index contributed by atoms with van der Waals surface area (Å²) < 4.78 is 20.3. The van der Waals surface area contributed by atoms with Gasteiger partial charge >= 0.3 is 17.9 Å². The Morgan fingerprint density at radius 1 is 1.08 bits per heavy atom. The lowest BCUT2D eigenvalue weighted by atomic mass is 9.84. The van der Waals surface area contributed by atoms with Gasteiger partial charge in [0.05, 0.1) is 26.4 Å². The molecule has 0 radical (unpaired) electrons. The van der Waals surface area contributed by atoms with E-state index in [0.717, 1.165) is 7.11 Å². The number of carbonyl (C=O) groups is 3. The highest BCUT2D eigenvalue weighted by molar-refractivity contribution is 6.26. The monoisotopic (exact) mass is 334 g/mol. The highest BCUT2D eigenvalue weighted by Crippen LogP contribution is 2.42. The third-order valence-corrected chi connectivity index (χ3v) is 3.64. The number of hydrogen-bond donors (Lipinski definition) is 0. The number of benzene rings is 1. The number of methoxy groups -OCH3 is 2. The molecular formula is C17H18O7. The van der Waals surface area contributed by atoms with Gasteiger partial charge in [0.25, 0.3) is 0 Å². The van der Waals surface area contributed by atoms with E-state index in [-0.39, 0.29) is 23.5 Å². The summed E-state index contributed by atoms with van der Waals surface area (Å²) in [5, 5.41) is 0. The van der Waals surface area contributed by atoms with E-state index < -0.39 is 23.5 Å². The largest absolute Gasteiger partial charge is 0.470 e. The predicted octanol–water partition coefficient (Wildman–Crippen LogP) is 1.50. The van der Waals surface area contributed by atoms with Gasteiger partial charge in [0, 0.05) is 5.56 Å². The number of carbonyl (C=O) groups excluding carboxylic acids is 3. The Morgan fingerprint density at radius 2 is 1.71 bits per heavy atom. The predicted molar refractivity (Wildman–Crippen MR) is 83.1 cm³/mol. The molecule has 1 aliphatic heterocycles. The molecule has 0 bridgehead atoms. The Bertz CT molecular complexity index is 719. The van der Waals surface area contributed by atoms with Gasteiger partial charge in [0.2, 0.25) is 5.60 Å². The van der Waals surface area contributed by atoms with Crippen molar-refractivity contribution in [2.45, 2.75) is 19.4 Å². The Labute approximate surface area is 139 Å². The molecule has 0 saturated carbocycles. The van der Waals surface area contributed by atoms with E-state index in [1.165, 1.54) is 14.0 Å². The first kappa shape index (κ1) is 17.5. The fraction of sp³-hybridized carbons (Fsp3) is 0.353. The lowest BCUT2D eigenvalue weighted by molar-refractivity contribution is -0.160. The molecule has 0 saturated heterocycles. The second-order valence-corrected chi connectivity index (χ2v) is 5.09. The lowest BCUT2D eigenvalue weighted by Crippen LogP contribution is -2.50. The van der Waals surface area contributed by atoms with E-state index in [4.69, 9.17) is 18.9 Å². The topological polar surface area (TPSA) is 88.1 Å². The van der Waals surface area contributed by atoms with Crippen LogP contribution in [0.25, 0.3) is 5.57 Å². The van der Waals surface area contributed by atoms with Crippen LogP contribution in [0.4, 0.5) is 0 Å². The molecule has 0 aromatic heterocycles. The standard InChI is InChI=1S/C17H18O7/c1-5-23-16(20)17(2)13(15(19)22-4)12(14(18)21-3)10-8-6-7-9-11(10)24-17/h6-9H,5H2,1-4H3/t17-/m0/s1. The molecule has 0 amide bonds. The Balaban J connectivity index is 2.81. The van der Waals surface area contributed by atoms with E-state index in [2.05, 4.69) is 0 Å². The van der Waals surface area contributed by atoms with E-state index in [1.54, 1.807) is 31.2 Å². The van der Waals surface area contributed by atoms with Gasteiger partial charge < -0.3 is 18.9 Å². The van der Waals surface area contributed by atoms with Crippen LogP contribution in [0, 0.1) is 0 Å². The molecule has 1 heterocycles. The number of fused-ring (bicyclic) bond motifs is 1. The summed E-state index contributed by atoms with van der Waals surface area (Å²) >= 11 is 0. The molecule has 24 heavy (non-hydrogen) atoms. The molecule has 1 aliphatic rings. The zero-order valence-electron chi connectivity index (χ0n) is 13.9. The van der Waals surface area contributed by atoms with Gasteiger partial charge in [-0.25, -0.2) is 14.4 Å². The van der Waals surface area contributed by atoms with Crippen molar-refractivity contribution >= 4 is 23.5 Å². The second-order valence-electron chi connectivity index (χ2n) is 5.09. The molecule has 0 fully saturated rings. The summed E-state index contributed by atoms with van der Waals surface area (Å²) in [7, 11) is 2.33. The molecule has 1 atom stereocenters. The molecular weight excluding hydrogens is 316 g/mol. The van der Waals surface area contributed by atoms with Crippen LogP contribution in [0.3, 0.4) is 0 Å². The van der Waals surface area contributed by atoms with Crippen molar-refractivity contribution in [3.8, 4) is 5.75 Å². The average Bonchev–Trinajstić information content (AvgIpc) is 2.59. The van der Waals surface area contributed by atoms with Crippen molar-refractivity contribution in [1.29, 1.82) is 0 Å². The molecule has 7 heteroatoms. The maximum atomic E-state index is 12.5. The number of esters is 3. The molecule has 0 unspecified atom stereocenters. The minimum absolute atomic E-state index is 0.0817. The SMILES string of the molecule is CCOC(=O)[C@@]1(C)Oc2ccccc2C(C(=O)OC)=C1C(=O)OC. The van der Waals surface area contributed by atoms with Gasteiger partial charge in [0.15, 0.2) is 0 Å². The minimum Gasteiger partial charge on any atom is -0.470 e. The average molecular weight is 334 g/mol. The minimum atomic E-state index is -1.83. The van der Waals surface area contributed by atoms with Crippen LogP contribution in [-0.2, 0) is 28.6 Å². The van der Waals surface area contributed by atoms with Gasteiger partial charge in [0.1, 0.15) is 11.3 Å². The van der Waals surface area contributed by atoms with Gasteiger partial charge in [-0.3, -0.25) is 0 Å². The van der Waals surface area contributed by atoms with Crippen molar-refractivity contribution in [3.63, 3.8) is 0 Å². The zero-order chi connectivity index (χ0) is 17.9. The van der Waals surface area contributed by atoms with Crippen molar-refractivity contribution in [1.82, 2.24) is 0 Å². The van der Waals surface area contributed by atoms with Crippen LogP contribution in [0.5, 0.6) is 5.75 Å². The number of hydrogen-bond acceptors (Lipinski definition) is 7. The van der Waals surface area contributed by atoms with Crippen molar-refractivity contribution < 1.29 is 33.3 Å². The zero-order valence-corrected chi connectivity index (χ0v) is 13.9. The molecule has 2 rings (SSSR count). The van der Waals surface area contributed by atoms with E-state index in [9.17, 15) is 14.4 Å². The van der Waals surface area contributed by atoms with Crippen LogP contribution in [0.1, 0.15) is 19.4 Å². The first-order chi connectivity index (χ1) is 11.4. The molecule has 0 spiro atoms. The normalized spacial score (nSPS) is 19.0. The molecule has 1 aromatic carbocycles. The van der Waals surface area contributed by atoms with E-state index in [0.29, 0.717) is 5.56 Å². The third kappa shape index (κ3) is 2.73. The van der Waals surface area contributed by atoms with Crippen molar-refractivity contribution in [2.75, 3.05) is 20.8 Å². The first-order valence-corrected chi connectivity index (χ1v) is 7.27. The highest BCUT2D eigenvalue weighted by Gasteiger charge is 2.52. The highest BCUT2D eigenvalue weighted by atomic mass is 16.6. The fourth-order valence-corrected chi connectivity index (χ4v) is 2.53. The molecule has 128 valence electrons. The number of rotatable bonds is 4. The van der Waals surface area contributed by atoms with Crippen LogP contribution in [0.15, 0.2) is 29.8 Å². The van der Waals surface area contributed by atoms with Crippen LogP contribution >= 0.6 is 0 Å². The van der Waals surface area contributed by atoms with Crippen molar-refractivity contribution in [2.24, 2.45) is 0 Å². The number of para-hydroxylation sites is 1. The van der Waals surface area contributed by atoms with Gasteiger partial charge in [-0.15, -0.1) is 0 Å². The van der Waals surface area contributed by atoms with Crippen LogP contribution < -0.4 is 4.74 Å². The summed E-state index contributed by atoms with van der Waals surface area (Å²) in [6.45, 7) is 3.07. The van der Waals surface area contributed by atoms with Gasteiger partial charge in [-0.2, -0.15) is 0 Å². The Hall–Kier alpha value is -2.83. The lowest BCUT2D eigenvalue weighted by Gasteiger charge is -2.35.